The summed E-state index contributed by atoms with van der Waals surface area (Å²) in [5.74, 6) is 0.323. The second kappa shape index (κ2) is 8.55. The number of nitrogens with one attached hydrogen (secondary N) is 2. The number of hydrazone groups is 1. The fourth-order valence-corrected chi connectivity index (χ4v) is 3.73. The fourth-order valence-electron chi connectivity index (χ4n) is 3.73. The molecule has 2 heterocycles. The standard InChI is InChI=1S/C24H24N4O3/c1-14-8-6-10-17(15(14)2)26-24(30)22-16(3)21-18(11-7-12-20(21)31-22)27-28-23(29)19-9-4-5-13-25-19/h4-6,8-10,13H,7,11-12H2,1-3H3,(H,26,30)(H,28,29)/b27-18+. The van der Waals surface area contributed by atoms with Crippen LogP contribution < -0.4 is 10.7 Å². The molecule has 0 aliphatic heterocycles. The Balaban J connectivity index is 1.59. The van der Waals surface area contributed by atoms with Gasteiger partial charge in [0.05, 0.1) is 5.71 Å². The molecular weight excluding hydrogens is 392 g/mol. The number of aryl methyl sites for hydroxylation is 2. The predicted molar refractivity (Wildman–Crippen MR) is 118 cm³/mol. The molecule has 31 heavy (non-hydrogen) atoms. The molecule has 3 aromatic rings. The average molecular weight is 416 g/mol. The monoisotopic (exact) mass is 416 g/mol. The number of rotatable bonds is 4. The van der Waals surface area contributed by atoms with Crippen LogP contribution >= 0.6 is 0 Å². The first-order chi connectivity index (χ1) is 15.0. The Labute approximate surface area is 180 Å². The third-order valence-corrected chi connectivity index (χ3v) is 5.57. The Hall–Kier alpha value is -3.74. The quantitative estimate of drug-likeness (QED) is 0.619. The summed E-state index contributed by atoms with van der Waals surface area (Å²) >= 11 is 0. The molecule has 1 aromatic carbocycles. The van der Waals surface area contributed by atoms with E-state index in [0.717, 1.165) is 46.5 Å². The number of pyridine rings is 1. The maximum atomic E-state index is 13.0. The molecule has 0 bridgehead atoms. The molecule has 7 nitrogen and oxygen atoms in total. The second-order valence-electron chi connectivity index (χ2n) is 7.62. The van der Waals surface area contributed by atoms with Crippen LogP contribution in [0.5, 0.6) is 0 Å². The van der Waals surface area contributed by atoms with Crippen LogP contribution in [-0.2, 0) is 6.42 Å². The van der Waals surface area contributed by atoms with Crippen LogP contribution in [0, 0.1) is 20.8 Å². The molecule has 1 aliphatic rings. The summed E-state index contributed by atoms with van der Waals surface area (Å²) in [5.41, 5.74) is 7.98. The third kappa shape index (κ3) is 4.12. The van der Waals surface area contributed by atoms with E-state index in [9.17, 15) is 9.59 Å². The van der Waals surface area contributed by atoms with E-state index >= 15 is 0 Å². The molecule has 2 amide bonds. The smallest absolute Gasteiger partial charge is 0.291 e. The number of nitrogens with zero attached hydrogens (tertiary/aromatic N) is 2. The Kier molecular flexibility index (Phi) is 5.66. The van der Waals surface area contributed by atoms with Crippen molar-refractivity contribution in [2.24, 2.45) is 5.10 Å². The normalized spacial score (nSPS) is 14.2. The highest BCUT2D eigenvalue weighted by Crippen LogP contribution is 2.30. The number of hydrogen-bond acceptors (Lipinski definition) is 5. The SMILES string of the molecule is Cc1cccc(NC(=O)c2oc3c(c2C)/C(=N/NC(=O)c2ccccn2)CCC3)c1C. The molecule has 2 aromatic heterocycles. The van der Waals surface area contributed by atoms with E-state index < -0.39 is 0 Å². The fraction of sp³-hybridized carbons (Fsp3) is 0.250. The molecular formula is C24H24N4O3. The molecule has 0 unspecified atom stereocenters. The molecule has 1 aliphatic carbocycles. The minimum absolute atomic E-state index is 0.275. The Bertz CT molecular complexity index is 1180. The summed E-state index contributed by atoms with van der Waals surface area (Å²) in [6.45, 7) is 5.82. The van der Waals surface area contributed by atoms with Crippen molar-refractivity contribution in [2.45, 2.75) is 40.0 Å². The van der Waals surface area contributed by atoms with E-state index in [1.807, 2.05) is 39.0 Å². The molecule has 0 saturated carbocycles. The first-order valence-electron chi connectivity index (χ1n) is 10.2. The Morgan fingerprint density at radius 2 is 1.84 bits per heavy atom. The number of aromatic nitrogens is 1. The molecule has 2 N–H and O–H groups in total. The van der Waals surface area contributed by atoms with E-state index in [0.29, 0.717) is 17.8 Å². The van der Waals surface area contributed by atoms with Crippen LogP contribution in [0.15, 0.2) is 52.1 Å². The summed E-state index contributed by atoms with van der Waals surface area (Å²) < 4.78 is 5.94. The van der Waals surface area contributed by atoms with Crippen molar-refractivity contribution in [1.82, 2.24) is 10.4 Å². The average Bonchev–Trinajstić information content (AvgIpc) is 3.13. The van der Waals surface area contributed by atoms with Gasteiger partial charge in [-0.2, -0.15) is 5.10 Å². The van der Waals surface area contributed by atoms with Gasteiger partial charge in [0.1, 0.15) is 11.5 Å². The summed E-state index contributed by atoms with van der Waals surface area (Å²) in [4.78, 5) is 29.3. The van der Waals surface area contributed by atoms with Gasteiger partial charge >= 0.3 is 0 Å². The van der Waals surface area contributed by atoms with Gasteiger partial charge in [-0.25, -0.2) is 5.43 Å². The van der Waals surface area contributed by atoms with Crippen LogP contribution in [0.4, 0.5) is 5.69 Å². The highest BCUT2D eigenvalue weighted by molar-refractivity contribution is 6.09. The summed E-state index contributed by atoms with van der Waals surface area (Å²) in [6, 6.07) is 10.9. The zero-order valence-corrected chi connectivity index (χ0v) is 17.8. The van der Waals surface area contributed by atoms with Gasteiger partial charge < -0.3 is 9.73 Å². The van der Waals surface area contributed by atoms with Crippen LogP contribution in [0.2, 0.25) is 0 Å². The topological polar surface area (TPSA) is 96.6 Å². The lowest BCUT2D eigenvalue weighted by atomic mass is 9.93. The molecule has 0 atom stereocenters. The van der Waals surface area contributed by atoms with Gasteiger partial charge in [-0.1, -0.05) is 18.2 Å². The molecule has 7 heteroatoms. The van der Waals surface area contributed by atoms with Gasteiger partial charge in [-0.3, -0.25) is 14.6 Å². The van der Waals surface area contributed by atoms with Crippen molar-refractivity contribution in [3.05, 3.63) is 82.1 Å². The third-order valence-electron chi connectivity index (χ3n) is 5.57. The summed E-state index contributed by atoms with van der Waals surface area (Å²) in [6.07, 6.45) is 3.80. The van der Waals surface area contributed by atoms with Gasteiger partial charge in [-0.05, 0) is 62.9 Å². The van der Waals surface area contributed by atoms with Crippen molar-refractivity contribution in [3.63, 3.8) is 0 Å². The number of benzene rings is 1. The molecule has 0 saturated heterocycles. The lowest BCUT2D eigenvalue weighted by molar-refractivity contribution is 0.0948. The van der Waals surface area contributed by atoms with Crippen molar-refractivity contribution in [3.8, 4) is 0 Å². The number of carbonyl (C=O) groups is 2. The maximum absolute atomic E-state index is 13.0. The van der Waals surface area contributed by atoms with E-state index in [2.05, 4.69) is 20.8 Å². The number of amides is 2. The maximum Gasteiger partial charge on any atom is 0.291 e. The summed E-state index contributed by atoms with van der Waals surface area (Å²) in [5, 5.41) is 7.28. The first kappa shape index (κ1) is 20.5. The first-order valence-corrected chi connectivity index (χ1v) is 10.2. The highest BCUT2D eigenvalue weighted by atomic mass is 16.4. The number of furan rings is 1. The number of carbonyl (C=O) groups excluding carboxylic acids is 2. The molecule has 0 radical (unpaired) electrons. The number of hydrogen-bond donors (Lipinski definition) is 2. The van der Waals surface area contributed by atoms with E-state index in [1.165, 1.54) is 0 Å². The van der Waals surface area contributed by atoms with Crippen LogP contribution in [0.25, 0.3) is 0 Å². The van der Waals surface area contributed by atoms with Crippen molar-refractivity contribution in [2.75, 3.05) is 5.32 Å². The lowest BCUT2D eigenvalue weighted by Crippen LogP contribution is -2.22. The summed E-state index contributed by atoms with van der Waals surface area (Å²) in [7, 11) is 0. The highest BCUT2D eigenvalue weighted by Gasteiger charge is 2.28. The number of fused-ring (bicyclic) bond motifs is 1. The lowest BCUT2D eigenvalue weighted by Gasteiger charge is -2.13. The minimum Gasteiger partial charge on any atom is -0.455 e. The minimum atomic E-state index is -0.380. The van der Waals surface area contributed by atoms with Crippen LogP contribution in [0.1, 0.15) is 61.9 Å². The van der Waals surface area contributed by atoms with Crippen molar-refractivity contribution >= 4 is 23.2 Å². The van der Waals surface area contributed by atoms with Crippen molar-refractivity contribution < 1.29 is 14.0 Å². The number of anilines is 1. The van der Waals surface area contributed by atoms with Crippen LogP contribution in [0.3, 0.4) is 0 Å². The van der Waals surface area contributed by atoms with Gasteiger partial charge in [0.15, 0.2) is 5.76 Å². The zero-order valence-electron chi connectivity index (χ0n) is 17.8. The van der Waals surface area contributed by atoms with Crippen LogP contribution in [-0.4, -0.2) is 22.5 Å². The molecule has 158 valence electrons. The van der Waals surface area contributed by atoms with E-state index in [1.54, 1.807) is 24.4 Å². The Morgan fingerprint density at radius 3 is 2.61 bits per heavy atom. The van der Waals surface area contributed by atoms with E-state index in [-0.39, 0.29) is 17.6 Å². The largest absolute Gasteiger partial charge is 0.455 e. The predicted octanol–water partition coefficient (Wildman–Crippen LogP) is 4.32. The zero-order chi connectivity index (χ0) is 22.0. The molecule has 0 fully saturated rings. The molecule has 4 rings (SSSR count). The van der Waals surface area contributed by atoms with Gasteiger partial charge in [0.25, 0.3) is 11.8 Å². The van der Waals surface area contributed by atoms with Gasteiger partial charge in [0.2, 0.25) is 0 Å². The molecule has 0 spiro atoms. The van der Waals surface area contributed by atoms with Gasteiger partial charge in [-0.15, -0.1) is 0 Å². The Morgan fingerprint density at radius 1 is 1.00 bits per heavy atom. The van der Waals surface area contributed by atoms with Crippen molar-refractivity contribution in [1.29, 1.82) is 0 Å². The van der Waals surface area contributed by atoms with Gasteiger partial charge in [0, 0.05) is 29.4 Å². The second-order valence-corrected chi connectivity index (χ2v) is 7.62. The van der Waals surface area contributed by atoms with E-state index in [4.69, 9.17) is 4.42 Å².